The summed E-state index contributed by atoms with van der Waals surface area (Å²) >= 11 is 0. The lowest BCUT2D eigenvalue weighted by molar-refractivity contribution is 1.12. The first-order valence-electron chi connectivity index (χ1n) is 22.6. The summed E-state index contributed by atoms with van der Waals surface area (Å²) in [6, 6.07) is 90.1. The van der Waals surface area contributed by atoms with Crippen LogP contribution in [0.25, 0.3) is 93.8 Å². The van der Waals surface area contributed by atoms with Crippen LogP contribution in [0.15, 0.2) is 255 Å². The van der Waals surface area contributed by atoms with Gasteiger partial charge >= 0.3 is 0 Å². The second-order valence-electron chi connectivity index (χ2n) is 17.0. The maximum absolute atomic E-state index is 2.50. The van der Waals surface area contributed by atoms with E-state index in [1.165, 1.54) is 71.3 Å². The molecule has 0 bridgehead atoms. The van der Waals surface area contributed by atoms with Crippen molar-refractivity contribution in [2.75, 3.05) is 4.90 Å². The van der Waals surface area contributed by atoms with Gasteiger partial charge in [-0.1, -0.05) is 152 Å². The number of nitrogens with zero attached hydrogens (tertiary/aromatic N) is 4. The van der Waals surface area contributed by atoms with Gasteiger partial charge in [0.2, 0.25) is 0 Å². The van der Waals surface area contributed by atoms with Crippen LogP contribution < -0.4 is 4.90 Å². The molecule has 0 saturated carbocycles. The zero-order valence-corrected chi connectivity index (χ0v) is 36.0. The van der Waals surface area contributed by atoms with E-state index in [-0.39, 0.29) is 0 Å². The molecule has 13 aromatic rings. The molecule has 0 radical (unpaired) electrons. The van der Waals surface area contributed by atoms with Gasteiger partial charge < -0.3 is 18.6 Å². The van der Waals surface area contributed by atoms with Gasteiger partial charge in [-0.3, -0.25) is 0 Å². The number of hydrogen-bond donors (Lipinski definition) is 0. The molecular weight excluding hydrogens is 801 g/mol. The van der Waals surface area contributed by atoms with Gasteiger partial charge in [0.1, 0.15) is 0 Å². The van der Waals surface area contributed by atoms with E-state index in [4.69, 9.17) is 0 Å². The van der Waals surface area contributed by atoms with Gasteiger partial charge in [0.25, 0.3) is 0 Å². The Morgan fingerprint density at radius 2 is 0.712 bits per heavy atom. The van der Waals surface area contributed by atoms with Crippen LogP contribution in [-0.4, -0.2) is 13.7 Å². The fourth-order valence-electron chi connectivity index (χ4n) is 10.2. The van der Waals surface area contributed by atoms with Crippen LogP contribution in [0, 0.1) is 0 Å². The normalized spacial score (nSPS) is 11.6. The highest BCUT2D eigenvalue weighted by molar-refractivity contribution is 6.25. The first-order valence-corrected chi connectivity index (χ1v) is 22.6. The minimum absolute atomic E-state index is 1.07. The minimum Gasteiger partial charge on any atom is -0.316 e. The van der Waals surface area contributed by atoms with Crippen LogP contribution in [-0.2, 0) is 0 Å². The summed E-state index contributed by atoms with van der Waals surface area (Å²) in [7, 11) is 0. The predicted octanol–water partition coefficient (Wildman–Crippen LogP) is 16.6. The molecule has 0 fully saturated rings. The molecule has 310 valence electrons. The predicted molar refractivity (Wildman–Crippen MR) is 278 cm³/mol. The lowest BCUT2D eigenvalue weighted by atomic mass is 10.0. The van der Waals surface area contributed by atoms with Crippen molar-refractivity contribution in [1.29, 1.82) is 0 Å². The van der Waals surface area contributed by atoms with E-state index in [1.54, 1.807) is 0 Å². The number of aromatic nitrogens is 3. The van der Waals surface area contributed by atoms with Crippen molar-refractivity contribution >= 4 is 71.6 Å². The Hall–Kier alpha value is -8.86. The Bertz CT molecular complexity index is 3780. The molecule has 0 aliphatic rings. The number of benzene rings is 10. The largest absolute Gasteiger partial charge is 0.316 e. The molecule has 0 saturated heterocycles. The average Bonchev–Trinajstić information content (AvgIpc) is 4.07. The first kappa shape index (κ1) is 37.7. The van der Waals surface area contributed by atoms with Crippen LogP contribution >= 0.6 is 0 Å². The molecule has 0 spiro atoms. The van der Waals surface area contributed by atoms with E-state index >= 15 is 0 Å². The molecule has 0 amide bonds. The Morgan fingerprint density at radius 1 is 0.273 bits per heavy atom. The third-order valence-corrected chi connectivity index (χ3v) is 13.3. The van der Waals surface area contributed by atoms with E-state index in [0.29, 0.717) is 0 Å². The topological polar surface area (TPSA) is 18.0 Å². The standard InChI is InChI=1S/C62H42N4/c1-5-15-43(16-6-1)45-25-29-50(30-26-45)64(51-31-27-46(28-32-51)44-17-7-2-8-18-44)52-33-35-53(36-34-52)66-60-42-59-47(39-40-63(59)48-19-9-3-10-20-48)41-57(60)56-38-37-55-54-23-13-14-24-58(54)65(61(55)62(56)66)49-21-11-4-12-22-49/h1-42H. The highest BCUT2D eigenvalue weighted by Gasteiger charge is 2.23. The smallest absolute Gasteiger partial charge is 0.0788 e. The van der Waals surface area contributed by atoms with Crippen molar-refractivity contribution in [3.05, 3.63) is 255 Å². The second kappa shape index (κ2) is 15.4. The summed E-state index contributed by atoms with van der Waals surface area (Å²) in [4.78, 5) is 2.36. The molecule has 10 aromatic carbocycles. The van der Waals surface area contributed by atoms with Crippen molar-refractivity contribution in [1.82, 2.24) is 13.7 Å². The van der Waals surface area contributed by atoms with Crippen LogP contribution in [0.3, 0.4) is 0 Å². The highest BCUT2D eigenvalue weighted by Crippen LogP contribution is 2.44. The Labute approximate surface area is 382 Å². The Balaban J connectivity index is 1.04. The van der Waals surface area contributed by atoms with Gasteiger partial charge in [-0.2, -0.15) is 0 Å². The van der Waals surface area contributed by atoms with Gasteiger partial charge in [-0.15, -0.1) is 0 Å². The van der Waals surface area contributed by atoms with Gasteiger partial charge in [0.05, 0.1) is 27.6 Å². The van der Waals surface area contributed by atoms with E-state index in [9.17, 15) is 0 Å². The fourth-order valence-corrected chi connectivity index (χ4v) is 10.2. The molecule has 0 aliphatic heterocycles. The maximum atomic E-state index is 2.50. The van der Waals surface area contributed by atoms with Crippen molar-refractivity contribution in [3.63, 3.8) is 0 Å². The second-order valence-corrected chi connectivity index (χ2v) is 17.0. The lowest BCUT2D eigenvalue weighted by Gasteiger charge is -2.26. The number of hydrogen-bond acceptors (Lipinski definition) is 1. The van der Waals surface area contributed by atoms with Crippen molar-refractivity contribution in [2.45, 2.75) is 0 Å². The number of rotatable bonds is 8. The summed E-state index contributed by atoms with van der Waals surface area (Å²) < 4.78 is 7.27. The molecule has 0 unspecified atom stereocenters. The molecule has 0 aliphatic carbocycles. The minimum atomic E-state index is 1.07. The fraction of sp³-hybridized carbons (Fsp3) is 0. The quantitative estimate of drug-likeness (QED) is 0.149. The van der Waals surface area contributed by atoms with E-state index in [2.05, 4.69) is 274 Å². The van der Waals surface area contributed by atoms with Gasteiger partial charge in [0.15, 0.2) is 0 Å². The molecule has 66 heavy (non-hydrogen) atoms. The average molecular weight is 843 g/mol. The summed E-state index contributed by atoms with van der Waals surface area (Å²) in [6.45, 7) is 0. The molecule has 3 heterocycles. The molecule has 0 atom stereocenters. The molecule has 4 heteroatoms. The van der Waals surface area contributed by atoms with Gasteiger partial charge in [-0.05, 0) is 119 Å². The Morgan fingerprint density at radius 3 is 1.29 bits per heavy atom. The maximum Gasteiger partial charge on any atom is 0.0788 e. The number of para-hydroxylation sites is 3. The lowest BCUT2D eigenvalue weighted by Crippen LogP contribution is -2.10. The summed E-state index contributed by atoms with van der Waals surface area (Å²) in [6.07, 6.45) is 2.19. The molecule has 4 nitrogen and oxygen atoms in total. The third-order valence-electron chi connectivity index (χ3n) is 13.3. The van der Waals surface area contributed by atoms with Crippen LogP contribution in [0.1, 0.15) is 0 Å². The van der Waals surface area contributed by atoms with Crippen molar-refractivity contribution in [2.24, 2.45) is 0 Å². The summed E-state index contributed by atoms with van der Waals surface area (Å²) in [5.41, 5.74) is 17.3. The molecular formula is C62H42N4. The van der Waals surface area contributed by atoms with Crippen molar-refractivity contribution < 1.29 is 0 Å². The number of fused-ring (bicyclic) bond motifs is 8. The summed E-state index contributed by atoms with van der Waals surface area (Å²) in [5.74, 6) is 0. The Kier molecular flexibility index (Phi) is 8.81. The zero-order valence-electron chi connectivity index (χ0n) is 36.0. The first-order chi connectivity index (χ1) is 32.7. The van der Waals surface area contributed by atoms with Crippen LogP contribution in [0.5, 0.6) is 0 Å². The monoisotopic (exact) mass is 842 g/mol. The molecule has 3 aromatic heterocycles. The van der Waals surface area contributed by atoms with Crippen LogP contribution in [0.2, 0.25) is 0 Å². The molecule has 0 N–H and O–H groups in total. The number of anilines is 3. The SMILES string of the molecule is c1ccc(-c2ccc(N(c3ccc(-c4ccccc4)cc3)c3ccc(-n4c5cc6c(ccn6-c6ccccc6)cc5c5ccc6c7ccccc7n(-c7ccccc7)c6c54)cc3)cc2)cc1. The van der Waals surface area contributed by atoms with Crippen molar-refractivity contribution in [3.8, 4) is 39.3 Å². The third kappa shape index (κ3) is 6.15. The van der Waals surface area contributed by atoms with E-state index in [1.807, 2.05) is 0 Å². The van der Waals surface area contributed by atoms with E-state index in [0.717, 1.165) is 39.6 Å². The summed E-state index contributed by atoms with van der Waals surface area (Å²) in [5, 5.41) is 6.10. The van der Waals surface area contributed by atoms with Gasteiger partial charge in [0, 0.05) is 67.3 Å². The van der Waals surface area contributed by atoms with E-state index < -0.39 is 0 Å². The van der Waals surface area contributed by atoms with Crippen LogP contribution in [0.4, 0.5) is 17.1 Å². The van der Waals surface area contributed by atoms with Gasteiger partial charge in [-0.25, -0.2) is 0 Å². The zero-order chi connectivity index (χ0) is 43.6. The molecule has 13 rings (SSSR count). The highest BCUT2D eigenvalue weighted by atomic mass is 15.1.